The number of anilines is 2. The molecule has 0 radical (unpaired) electrons. The molecule has 0 unspecified atom stereocenters. The maximum absolute atomic E-state index is 12.7. The lowest BCUT2D eigenvalue weighted by Crippen LogP contribution is -2.24. The summed E-state index contributed by atoms with van der Waals surface area (Å²) < 4.78 is 57.6. The monoisotopic (exact) mass is 531 g/mol. The van der Waals surface area contributed by atoms with Gasteiger partial charge >= 0.3 is 0 Å². The van der Waals surface area contributed by atoms with Gasteiger partial charge < -0.3 is 10.1 Å². The smallest absolute Gasteiger partial charge is 0.262 e. The maximum Gasteiger partial charge on any atom is 0.262 e. The second-order valence-electron chi connectivity index (χ2n) is 8.43. The van der Waals surface area contributed by atoms with E-state index in [0.717, 1.165) is 22.9 Å². The van der Waals surface area contributed by atoms with E-state index >= 15 is 0 Å². The van der Waals surface area contributed by atoms with Crippen molar-refractivity contribution >= 4 is 37.3 Å². The highest BCUT2D eigenvalue weighted by molar-refractivity contribution is 7.92. The van der Waals surface area contributed by atoms with E-state index in [1.807, 2.05) is 19.9 Å². The topological polar surface area (TPSA) is 122 Å². The molecule has 0 heterocycles. The lowest BCUT2D eigenvalue weighted by atomic mass is 10.1. The summed E-state index contributed by atoms with van der Waals surface area (Å²) in [4.78, 5) is 12.3. The van der Waals surface area contributed by atoms with Gasteiger partial charge in [-0.25, -0.2) is 21.1 Å². The SMILES string of the molecule is Cc1ccc(NS(=O)(=O)c2ccc(NC(=O)COc3ccc(CN(C)S(C)(=O)=O)cc3)cc2)cc1C. The van der Waals surface area contributed by atoms with Gasteiger partial charge in [0.1, 0.15) is 5.75 Å². The third-order valence-electron chi connectivity index (χ3n) is 5.47. The van der Waals surface area contributed by atoms with Crippen LogP contribution in [-0.2, 0) is 31.4 Å². The molecule has 0 bridgehead atoms. The van der Waals surface area contributed by atoms with Crippen LogP contribution in [0.25, 0.3) is 0 Å². The largest absolute Gasteiger partial charge is 0.484 e. The second-order valence-corrected chi connectivity index (χ2v) is 12.2. The zero-order valence-electron chi connectivity index (χ0n) is 20.5. The molecule has 0 aromatic heterocycles. The average molecular weight is 532 g/mol. The third kappa shape index (κ3) is 7.54. The molecule has 0 saturated carbocycles. The molecular weight excluding hydrogens is 502 g/mol. The number of aryl methyl sites for hydroxylation is 2. The van der Waals surface area contributed by atoms with E-state index in [4.69, 9.17) is 4.74 Å². The Kier molecular flexibility index (Phi) is 8.39. The summed E-state index contributed by atoms with van der Waals surface area (Å²) in [7, 11) is -5.56. The summed E-state index contributed by atoms with van der Waals surface area (Å²) in [6.45, 7) is 3.83. The summed E-state index contributed by atoms with van der Waals surface area (Å²) in [5, 5.41) is 2.66. The number of rotatable bonds is 10. The number of nitrogens with one attached hydrogen (secondary N) is 2. The van der Waals surface area contributed by atoms with Gasteiger partial charge in [-0.3, -0.25) is 9.52 Å². The van der Waals surface area contributed by atoms with E-state index in [-0.39, 0.29) is 18.0 Å². The van der Waals surface area contributed by atoms with Crippen LogP contribution >= 0.6 is 0 Å². The number of carbonyl (C=O) groups is 1. The number of ether oxygens (including phenoxy) is 1. The first-order valence-corrected chi connectivity index (χ1v) is 14.3. The summed E-state index contributed by atoms with van der Waals surface area (Å²) in [6.07, 6.45) is 1.14. The number of hydrogen-bond acceptors (Lipinski definition) is 6. The number of carbonyl (C=O) groups excluding carboxylic acids is 1. The summed E-state index contributed by atoms with van der Waals surface area (Å²) in [5.74, 6) is 0.0366. The zero-order valence-corrected chi connectivity index (χ0v) is 22.1. The van der Waals surface area contributed by atoms with Crippen molar-refractivity contribution in [1.82, 2.24) is 4.31 Å². The molecule has 1 amide bonds. The van der Waals surface area contributed by atoms with Crippen LogP contribution < -0.4 is 14.8 Å². The Morgan fingerprint density at radius 3 is 2.06 bits per heavy atom. The van der Waals surface area contributed by atoms with Gasteiger partial charge in [0.25, 0.3) is 15.9 Å². The quantitative estimate of drug-likeness (QED) is 0.413. The fraction of sp³-hybridized carbons (Fsp3) is 0.240. The van der Waals surface area contributed by atoms with Crippen LogP contribution in [0, 0.1) is 13.8 Å². The molecule has 3 rings (SSSR count). The van der Waals surface area contributed by atoms with Gasteiger partial charge in [0.2, 0.25) is 10.0 Å². The van der Waals surface area contributed by atoms with Crippen molar-refractivity contribution in [3.8, 4) is 5.75 Å². The van der Waals surface area contributed by atoms with Crippen molar-refractivity contribution in [3.63, 3.8) is 0 Å². The standard InChI is InChI=1S/C25H29N3O6S2/c1-18-5-8-22(15-19(18)2)27-36(32,33)24-13-9-21(10-14-24)26-25(29)17-34-23-11-6-20(7-12-23)16-28(3)35(4,30)31/h5-15,27H,16-17H2,1-4H3,(H,26,29). The molecule has 3 aromatic carbocycles. The lowest BCUT2D eigenvalue weighted by molar-refractivity contribution is -0.118. The molecule has 0 fully saturated rings. The second kappa shape index (κ2) is 11.1. The number of amides is 1. The molecule has 36 heavy (non-hydrogen) atoms. The summed E-state index contributed by atoms with van der Waals surface area (Å²) in [5.41, 5.74) is 3.72. The van der Waals surface area contributed by atoms with Crippen LogP contribution in [0.2, 0.25) is 0 Å². The average Bonchev–Trinajstić information content (AvgIpc) is 2.80. The van der Waals surface area contributed by atoms with Crippen molar-refractivity contribution in [3.05, 3.63) is 83.4 Å². The molecule has 0 atom stereocenters. The molecule has 0 aliphatic rings. The minimum Gasteiger partial charge on any atom is -0.484 e. The predicted octanol–water partition coefficient (Wildman–Crippen LogP) is 3.51. The first-order valence-electron chi connectivity index (χ1n) is 11.0. The van der Waals surface area contributed by atoms with E-state index in [1.54, 1.807) is 36.4 Å². The first kappa shape index (κ1) is 27.2. The van der Waals surface area contributed by atoms with Crippen LogP contribution in [-0.4, -0.2) is 47.0 Å². The Hall–Kier alpha value is -3.41. The summed E-state index contributed by atoms with van der Waals surface area (Å²) >= 11 is 0. The molecule has 3 aromatic rings. The van der Waals surface area contributed by atoms with E-state index in [2.05, 4.69) is 10.0 Å². The molecule has 0 aliphatic heterocycles. The van der Waals surface area contributed by atoms with Crippen LogP contribution in [0.15, 0.2) is 71.6 Å². The van der Waals surface area contributed by atoms with Crippen molar-refractivity contribution in [2.75, 3.05) is 29.9 Å². The van der Waals surface area contributed by atoms with Crippen molar-refractivity contribution < 1.29 is 26.4 Å². The molecular formula is C25H29N3O6S2. The highest BCUT2D eigenvalue weighted by atomic mass is 32.2. The minimum absolute atomic E-state index is 0.0663. The van der Waals surface area contributed by atoms with Crippen molar-refractivity contribution in [1.29, 1.82) is 0 Å². The van der Waals surface area contributed by atoms with E-state index in [0.29, 0.717) is 17.1 Å². The van der Waals surface area contributed by atoms with Crippen molar-refractivity contribution in [2.24, 2.45) is 0 Å². The number of nitrogens with zero attached hydrogens (tertiary/aromatic N) is 1. The van der Waals surface area contributed by atoms with Gasteiger partial charge in [-0.05, 0) is 79.1 Å². The Balaban J connectivity index is 1.53. The van der Waals surface area contributed by atoms with Gasteiger partial charge in [-0.2, -0.15) is 0 Å². The van der Waals surface area contributed by atoms with Gasteiger partial charge in [0.05, 0.1) is 11.2 Å². The summed E-state index contributed by atoms with van der Waals surface area (Å²) in [6, 6.07) is 17.9. The fourth-order valence-electron chi connectivity index (χ4n) is 3.15. The van der Waals surface area contributed by atoms with Crippen LogP contribution in [0.3, 0.4) is 0 Å². The van der Waals surface area contributed by atoms with Gasteiger partial charge in [-0.1, -0.05) is 18.2 Å². The molecule has 0 aliphatic carbocycles. The van der Waals surface area contributed by atoms with Crippen LogP contribution in [0.1, 0.15) is 16.7 Å². The molecule has 192 valence electrons. The first-order chi connectivity index (χ1) is 16.8. The van der Waals surface area contributed by atoms with E-state index < -0.39 is 26.0 Å². The maximum atomic E-state index is 12.7. The van der Waals surface area contributed by atoms with Crippen LogP contribution in [0.5, 0.6) is 5.75 Å². The number of benzene rings is 3. The zero-order chi connectivity index (χ0) is 26.5. The number of sulfonamides is 2. The van der Waals surface area contributed by atoms with Gasteiger partial charge in [0.15, 0.2) is 6.61 Å². The lowest BCUT2D eigenvalue weighted by Gasteiger charge is -2.14. The normalized spacial score (nSPS) is 11.8. The number of hydrogen-bond donors (Lipinski definition) is 2. The molecule has 0 spiro atoms. The Morgan fingerprint density at radius 2 is 1.47 bits per heavy atom. The molecule has 9 nitrogen and oxygen atoms in total. The van der Waals surface area contributed by atoms with E-state index in [1.165, 1.54) is 35.6 Å². The highest BCUT2D eigenvalue weighted by Crippen LogP contribution is 2.21. The molecule has 0 saturated heterocycles. The third-order valence-corrected chi connectivity index (χ3v) is 8.13. The Labute approximate surface area is 212 Å². The van der Waals surface area contributed by atoms with E-state index in [9.17, 15) is 21.6 Å². The predicted molar refractivity (Wildman–Crippen MR) is 140 cm³/mol. The minimum atomic E-state index is -3.78. The Bertz CT molecular complexity index is 1440. The van der Waals surface area contributed by atoms with Crippen LogP contribution in [0.4, 0.5) is 11.4 Å². The van der Waals surface area contributed by atoms with Crippen molar-refractivity contribution in [2.45, 2.75) is 25.3 Å². The molecule has 2 N–H and O–H groups in total. The van der Waals surface area contributed by atoms with Gasteiger partial charge in [0, 0.05) is 25.0 Å². The molecule has 11 heteroatoms. The van der Waals surface area contributed by atoms with Gasteiger partial charge in [-0.15, -0.1) is 0 Å². The fourth-order valence-corrected chi connectivity index (χ4v) is 4.58. The highest BCUT2D eigenvalue weighted by Gasteiger charge is 2.15. The Morgan fingerprint density at radius 1 is 0.861 bits per heavy atom.